The summed E-state index contributed by atoms with van der Waals surface area (Å²) in [5.41, 5.74) is 0.707. The summed E-state index contributed by atoms with van der Waals surface area (Å²) in [5, 5.41) is 13.0. The molecule has 1 aromatic carbocycles. The van der Waals surface area contributed by atoms with E-state index in [4.69, 9.17) is 11.6 Å². The molecule has 2 N–H and O–H groups in total. The lowest BCUT2D eigenvalue weighted by Crippen LogP contribution is -2.35. The summed E-state index contributed by atoms with van der Waals surface area (Å²) in [7, 11) is 0. The number of aliphatic hydroxyl groups excluding tert-OH is 1. The number of carbonyl (C=O) groups is 1. The number of rotatable bonds is 6. The largest absolute Gasteiger partial charge is 0.392 e. The third kappa shape index (κ3) is 3.95. The van der Waals surface area contributed by atoms with Crippen LogP contribution in [-0.2, 0) is 10.2 Å². The Kier molecular flexibility index (Phi) is 4.89. The van der Waals surface area contributed by atoms with Crippen molar-refractivity contribution in [3.8, 4) is 0 Å². The quantitative estimate of drug-likeness (QED) is 0.848. The Morgan fingerprint density at radius 1 is 1.48 bits per heavy atom. The fourth-order valence-corrected chi connectivity index (χ4v) is 2.75. The monoisotopic (exact) mass is 313 g/mol. The Morgan fingerprint density at radius 3 is 2.67 bits per heavy atom. The second kappa shape index (κ2) is 6.32. The van der Waals surface area contributed by atoms with Crippen molar-refractivity contribution in [3.63, 3.8) is 0 Å². The van der Waals surface area contributed by atoms with Crippen LogP contribution < -0.4 is 5.32 Å². The normalized spacial score (nSPS) is 17.6. The standard InChI is InChI=1S/C16H21ClFNO2/c1-10(2)14(20)8-15(21)19-9-16(5-6-16)12-4-3-11(18)7-13(12)17/h3-4,7,10,14,20H,5-6,8-9H2,1-2H3,(H,19,21). The molecule has 1 fully saturated rings. The molecule has 1 aromatic rings. The third-order valence-electron chi connectivity index (χ3n) is 4.14. The Bertz CT molecular complexity index is 529. The molecule has 0 heterocycles. The molecule has 21 heavy (non-hydrogen) atoms. The van der Waals surface area contributed by atoms with Crippen LogP contribution in [0.25, 0.3) is 0 Å². The minimum atomic E-state index is -0.630. The van der Waals surface area contributed by atoms with Gasteiger partial charge in [0.25, 0.3) is 0 Å². The van der Waals surface area contributed by atoms with E-state index in [0.717, 1.165) is 18.4 Å². The first-order valence-electron chi connectivity index (χ1n) is 7.24. The fourth-order valence-electron chi connectivity index (χ4n) is 2.38. The van der Waals surface area contributed by atoms with Gasteiger partial charge in [0.05, 0.1) is 12.5 Å². The molecule has 0 radical (unpaired) electrons. The number of benzene rings is 1. The highest BCUT2D eigenvalue weighted by atomic mass is 35.5. The van der Waals surface area contributed by atoms with Crippen LogP contribution in [0.5, 0.6) is 0 Å². The number of hydrogen-bond donors (Lipinski definition) is 2. The van der Waals surface area contributed by atoms with Gasteiger partial charge in [-0.05, 0) is 36.5 Å². The van der Waals surface area contributed by atoms with E-state index in [1.165, 1.54) is 12.1 Å². The highest BCUT2D eigenvalue weighted by Crippen LogP contribution is 2.50. The summed E-state index contributed by atoms with van der Waals surface area (Å²) in [6.45, 7) is 4.22. The maximum absolute atomic E-state index is 13.1. The maximum Gasteiger partial charge on any atom is 0.222 e. The summed E-state index contributed by atoms with van der Waals surface area (Å²) in [6, 6.07) is 4.40. The number of carbonyl (C=O) groups excluding carboxylic acids is 1. The molecule has 0 aromatic heterocycles. The van der Waals surface area contributed by atoms with Gasteiger partial charge < -0.3 is 10.4 Å². The second-order valence-electron chi connectivity index (χ2n) is 6.20. The molecule has 1 saturated carbocycles. The molecule has 0 bridgehead atoms. The lowest BCUT2D eigenvalue weighted by atomic mass is 9.95. The molecule has 1 amide bonds. The Morgan fingerprint density at radius 2 is 2.14 bits per heavy atom. The second-order valence-corrected chi connectivity index (χ2v) is 6.60. The molecule has 5 heteroatoms. The average Bonchev–Trinajstić information content (AvgIpc) is 3.17. The van der Waals surface area contributed by atoms with Crippen LogP contribution in [0.1, 0.15) is 38.7 Å². The van der Waals surface area contributed by atoms with Gasteiger partial charge in [0.2, 0.25) is 5.91 Å². The summed E-state index contributed by atoms with van der Waals surface area (Å²) < 4.78 is 13.1. The van der Waals surface area contributed by atoms with Crippen LogP contribution in [0.15, 0.2) is 18.2 Å². The zero-order valence-electron chi connectivity index (χ0n) is 12.3. The maximum atomic E-state index is 13.1. The average molecular weight is 314 g/mol. The minimum Gasteiger partial charge on any atom is -0.392 e. The fraction of sp³-hybridized carbons (Fsp3) is 0.562. The Labute approximate surface area is 129 Å². The van der Waals surface area contributed by atoms with Crippen LogP contribution in [0.2, 0.25) is 5.02 Å². The van der Waals surface area contributed by atoms with Gasteiger partial charge in [-0.3, -0.25) is 4.79 Å². The third-order valence-corrected chi connectivity index (χ3v) is 4.46. The number of halogens is 2. The van der Waals surface area contributed by atoms with Gasteiger partial charge in [-0.25, -0.2) is 4.39 Å². The van der Waals surface area contributed by atoms with E-state index in [1.807, 2.05) is 13.8 Å². The zero-order valence-corrected chi connectivity index (χ0v) is 13.1. The van der Waals surface area contributed by atoms with E-state index in [1.54, 1.807) is 6.07 Å². The molecule has 0 spiro atoms. The zero-order chi connectivity index (χ0) is 15.6. The molecule has 116 valence electrons. The number of hydrogen-bond acceptors (Lipinski definition) is 2. The predicted octanol–water partition coefficient (Wildman–Crippen LogP) is 3.03. The van der Waals surface area contributed by atoms with Crippen molar-refractivity contribution < 1.29 is 14.3 Å². The molecular weight excluding hydrogens is 293 g/mol. The van der Waals surface area contributed by atoms with Crippen LogP contribution >= 0.6 is 11.6 Å². The smallest absolute Gasteiger partial charge is 0.222 e. The predicted molar refractivity (Wildman–Crippen MR) is 80.8 cm³/mol. The van der Waals surface area contributed by atoms with Crippen LogP contribution in [0.4, 0.5) is 4.39 Å². The van der Waals surface area contributed by atoms with Crippen molar-refractivity contribution in [3.05, 3.63) is 34.6 Å². The van der Waals surface area contributed by atoms with Gasteiger partial charge in [0.15, 0.2) is 0 Å². The van der Waals surface area contributed by atoms with Crippen LogP contribution in [-0.4, -0.2) is 23.7 Å². The number of nitrogens with one attached hydrogen (secondary N) is 1. The lowest BCUT2D eigenvalue weighted by Gasteiger charge is -2.19. The summed E-state index contributed by atoms with van der Waals surface area (Å²) in [5.74, 6) is -0.471. The SMILES string of the molecule is CC(C)C(O)CC(=O)NCC1(c2ccc(F)cc2Cl)CC1. The lowest BCUT2D eigenvalue weighted by molar-refractivity contribution is -0.123. The van der Waals surface area contributed by atoms with Crippen LogP contribution in [0.3, 0.4) is 0 Å². The van der Waals surface area contributed by atoms with E-state index in [0.29, 0.717) is 11.6 Å². The molecule has 0 aliphatic heterocycles. The van der Waals surface area contributed by atoms with E-state index < -0.39 is 6.10 Å². The van der Waals surface area contributed by atoms with Crippen molar-refractivity contribution in [2.45, 2.75) is 44.6 Å². The molecule has 1 unspecified atom stereocenters. The van der Waals surface area contributed by atoms with E-state index in [2.05, 4.69) is 5.32 Å². The molecular formula is C16H21ClFNO2. The van der Waals surface area contributed by atoms with Gasteiger partial charge in [-0.15, -0.1) is 0 Å². The first-order valence-corrected chi connectivity index (χ1v) is 7.62. The van der Waals surface area contributed by atoms with Gasteiger partial charge in [0, 0.05) is 17.0 Å². The summed E-state index contributed by atoms with van der Waals surface area (Å²) in [6.07, 6.45) is 1.32. The first kappa shape index (κ1) is 16.2. The molecule has 1 aliphatic rings. The molecule has 3 nitrogen and oxygen atoms in total. The molecule has 0 saturated heterocycles. The number of aliphatic hydroxyl groups is 1. The highest BCUT2D eigenvalue weighted by Gasteiger charge is 2.45. The van der Waals surface area contributed by atoms with Gasteiger partial charge in [-0.1, -0.05) is 31.5 Å². The van der Waals surface area contributed by atoms with E-state index in [9.17, 15) is 14.3 Å². The topological polar surface area (TPSA) is 49.3 Å². The summed E-state index contributed by atoms with van der Waals surface area (Å²) in [4.78, 5) is 11.8. The van der Waals surface area contributed by atoms with Crippen LogP contribution in [0, 0.1) is 11.7 Å². The molecule has 2 rings (SSSR count). The Hall–Kier alpha value is -1.13. The van der Waals surface area contributed by atoms with Crippen molar-refractivity contribution >= 4 is 17.5 Å². The Balaban J connectivity index is 1.95. The van der Waals surface area contributed by atoms with Gasteiger partial charge in [0.1, 0.15) is 5.82 Å². The van der Waals surface area contributed by atoms with E-state index >= 15 is 0 Å². The van der Waals surface area contributed by atoms with Crippen molar-refractivity contribution in [1.29, 1.82) is 0 Å². The van der Waals surface area contributed by atoms with Crippen molar-refractivity contribution in [1.82, 2.24) is 5.32 Å². The van der Waals surface area contributed by atoms with Crippen molar-refractivity contribution in [2.24, 2.45) is 5.92 Å². The summed E-state index contributed by atoms with van der Waals surface area (Å²) >= 11 is 6.10. The van der Waals surface area contributed by atoms with Crippen molar-refractivity contribution in [2.75, 3.05) is 6.54 Å². The molecule has 1 aliphatic carbocycles. The highest BCUT2D eigenvalue weighted by molar-refractivity contribution is 6.31. The minimum absolute atomic E-state index is 0.0529. The molecule has 1 atom stereocenters. The first-order chi connectivity index (χ1) is 9.84. The number of amides is 1. The van der Waals surface area contributed by atoms with Gasteiger partial charge in [-0.2, -0.15) is 0 Å². The van der Waals surface area contributed by atoms with Gasteiger partial charge >= 0.3 is 0 Å². The van der Waals surface area contributed by atoms with E-state index in [-0.39, 0.29) is 29.5 Å².